The van der Waals surface area contributed by atoms with Gasteiger partial charge in [0.15, 0.2) is 11.5 Å². The quantitative estimate of drug-likeness (QED) is 0.677. The van der Waals surface area contributed by atoms with Gasteiger partial charge < -0.3 is 9.47 Å². The molecule has 0 atom stereocenters. The molecular formula is C15H11N3O2S. The Balaban J connectivity index is 1.50. The van der Waals surface area contributed by atoms with Gasteiger partial charge in [0.1, 0.15) is 0 Å². The van der Waals surface area contributed by atoms with Gasteiger partial charge in [0.25, 0.3) is 0 Å². The number of hydrogen-bond donors (Lipinski definition) is 0. The Labute approximate surface area is 124 Å². The maximum Gasteiger partial charge on any atom is 0.231 e. The Morgan fingerprint density at radius 1 is 1.10 bits per heavy atom. The van der Waals surface area contributed by atoms with Crippen LogP contribution in [-0.2, 0) is 6.54 Å². The van der Waals surface area contributed by atoms with Gasteiger partial charge in [-0.2, -0.15) is 5.11 Å². The molecule has 1 aliphatic rings. The molecule has 0 N–H and O–H groups in total. The fraction of sp³-hybridized carbons (Fsp3) is 0.133. The summed E-state index contributed by atoms with van der Waals surface area (Å²) in [5, 5.41) is 9.08. The van der Waals surface area contributed by atoms with Gasteiger partial charge in [-0.05, 0) is 29.8 Å². The van der Waals surface area contributed by atoms with Gasteiger partial charge in [-0.1, -0.05) is 29.5 Å². The zero-order valence-corrected chi connectivity index (χ0v) is 11.8. The van der Waals surface area contributed by atoms with E-state index in [1.807, 2.05) is 42.5 Å². The number of para-hydroxylation sites is 1. The summed E-state index contributed by atoms with van der Waals surface area (Å²) in [6.45, 7) is 0.776. The summed E-state index contributed by atoms with van der Waals surface area (Å²) in [6.07, 6.45) is 0. The second-order valence-corrected chi connectivity index (χ2v) is 5.56. The number of aromatic nitrogens is 1. The van der Waals surface area contributed by atoms with E-state index in [1.165, 1.54) is 11.3 Å². The summed E-state index contributed by atoms with van der Waals surface area (Å²) >= 11 is 1.54. The van der Waals surface area contributed by atoms with Gasteiger partial charge in [-0.3, -0.25) is 0 Å². The van der Waals surface area contributed by atoms with E-state index >= 15 is 0 Å². The second kappa shape index (κ2) is 5.14. The average molecular weight is 297 g/mol. The number of fused-ring (bicyclic) bond motifs is 2. The predicted octanol–water partition coefficient (Wildman–Crippen LogP) is 4.31. The number of thiazole rings is 1. The fourth-order valence-electron chi connectivity index (χ4n) is 2.12. The maximum absolute atomic E-state index is 5.34. The molecule has 1 aromatic heterocycles. The van der Waals surface area contributed by atoms with Crippen LogP contribution < -0.4 is 9.47 Å². The van der Waals surface area contributed by atoms with Crippen LogP contribution in [0.25, 0.3) is 10.2 Å². The van der Waals surface area contributed by atoms with E-state index in [9.17, 15) is 0 Å². The summed E-state index contributed by atoms with van der Waals surface area (Å²) in [4.78, 5) is 4.42. The number of benzene rings is 2. The lowest BCUT2D eigenvalue weighted by molar-refractivity contribution is 0.174. The number of hydrogen-bond acceptors (Lipinski definition) is 6. The lowest BCUT2D eigenvalue weighted by Gasteiger charge is -1.98. The summed E-state index contributed by atoms with van der Waals surface area (Å²) in [5.74, 6) is 1.55. The van der Waals surface area contributed by atoms with Crippen molar-refractivity contribution >= 4 is 26.7 Å². The Hall–Kier alpha value is -2.47. The largest absolute Gasteiger partial charge is 0.454 e. The van der Waals surface area contributed by atoms with Crippen LogP contribution in [-0.4, -0.2) is 11.8 Å². The summed E-state index contributed by atoms with van der Waals surface area (Å²) in [5.41, 5.74) is 1.99. The lowest BCUT2D eigenvalue weighted by atomic mass is 10.2. The first-order chi connectivity index (χ1) is 10.4. The van der Waals surface area contributed by atoms with Crippen molar-refractivity contribution in [3.8, 4) is 11.5 Å². The highest BCUT2D eigenvalue weighted by atomic mass is 32.1. The van der Waals surface area contributed by atoms with E-state index in [2.05, 4.69) is 15.2 Å². The Kier molecular flexibility index (Phi) is 3.01. The molecule has 104 valence electrons. The summed E-state index contributed by atoms with van der Waals surface area (Å²) in [7, 11) is 0. The minimum atomic E-state index is 0.284. The molecule has 0 spiro atoms. The molecular weight excluding hydrogens is 286 g/mol. The molecule has 3 aromatic rings. The van der Waals surface area contributed by atoms with Gasteiger partial charge in [0.2, 0.25) is 11.9 Å². The normalized spacial score (nSPS) is 13.3. The van der Waals surface area contributed by atoms with Crippen molar-refractivity contribution in [1.82, 2.24) is 4.98 Å². The third kappa shape index (κ3) is 2.45. The Bertz CT molecular complexity index is 796. The predicted molar refractivity (Wildman–Crippen MR) is 80.4 cm³/mol. The zero-order chi connectivity index (χ0) is 14.1. The van der Waals surface area contributed by atoms with Crippen LogP contribution in [0.2, 0.25) is 0 Å². The smallest absolute Gasteiger partial charge is 0.231 e. The van der Waals surface area contributed by atoms with E-state index in [4.69, 9.17) is 9.47 Å². The highest BCUT2D eigenvalue weighted by Gasteiger charge is 2.12. The lowest BCUT2D eigenvalue weighted by Crippen LogP contribution is -1.92. The first-order valence-corrected chi connectivity index (χ1v) is 7.32. The third-order valence-corrected chi connectivity index (χ3v) is 4.05. The maximum atomic E-state index is 5.34. The molecule has 4 rings (SSSR count). The topological polar surface area (TPSA) is 56.1 Å². The Morgan fingerprint density at radius 2 is 2.00 bits per heavy atom. The molecule has 5 nitrogen and oxygen atoms in total. The molecule has 0 saturated heterocycles. The first-order valence-electron chi connectivity index (χ1n) is 6.50. The molecule has 0 radical (unpaired) electrons. The van der Waals surface area contributed by atoms with E-state index in [1.54, 1.807) is 0 Å². The van der Waals surface area contributed by atoms with Crippen molar-refractivity contribution < 1.29 is 9.47 Å². The molecule has 0 bridgehead atoms. The van der Waals surface area contributed by atoms with E-state index < -0.39 is 0 Å². The van der Waals surface area contributed by atoms with Crippen molar-refractivity contribution in [3.63, 3.8) is 0 Å². The second-order valence-electron chi connectivity index (χ2n) is 4.55. The number of ether oxygens (including phenoxy) is 2. The third-order valence-electron chi connectivity index (χ3n) is 3.13. The van der Waals surface area contributed by atoms with Gasteiger partial charge in [0.05, 0.1) is 16.8 Å². The highest BCUT2D eigenvalue weighted by molar-refractivity contribution is 7.21. The average Bonchev–Trinajstić information content (AvgIpc) is 3.12. The molecule has 2 heterocycles. The van der Waals surface area contributed by atoms with Crippen LogP contribution in [0.5, 0.6) is 11.5 Å². The first kappa shape index (κ1) is 12.3. The van der Waals surface area contributed by atoms with Crippen molar-refractivity contribution in [2.75, 3.05) is 6.79 Å². The van der Waals surface area contributed by atoms with Crippen molar-refractivity contribution in [1.29, 1.82) is 0 Å². The van der Waals surface area contributed by atoms with Crippen LogP contribution in [0.1, 0.15) is 5.56 Å². The molecule has 0 fully saturated rings. The SMILES string of the molecule is c1ccc2sc(N=NCc3ccc4c(c3)OCO4)nc2c1. The standard InChI is InChI=1S/C15H11N3O2S/c1-2-4-14-11(3-1)17-15(21-14)18-16-8-10-5-6-12-13(7-10)20-9-19-12/h1-7H,8-9H2. The number of nitrogens with zero attached hydrogens (tertiary/aromatic N) is 3. The fourth-order valence-corrected chi connectivity index (χ4v) is 2.92. The molecule has 6 heteroatoms. The van der Waals surface area contributed by atoms with Gasteiger partial charge in [-0.15, -0.1) is 5.11 Å². The minimum Gasteiger partial charge on any atom is -0.454 e. The van der Waals surface area contributed by atoms with Crippen molar-refractivity contribution in [2.24, 2.45) is 10.2 Å². The highest BCUT2D eigenvalue weighted by Crippen LogP contribution is 2.33. The zero-order valence-electron chi connectivity index (χ0n) is 11.0. The minimum absolute atomic E-state index is 0.284. The van der Waals surface area contributed by atoms with Crippen molar-refractivity contribution in [3.05, 3.63) is 48.0 Å². The number of rotatable bonds is 3. The van der Waals surface area contributed by atoms with Crippen LogP contribution in [0, 0.1) is 0 Å². The van der Waals surface area contributed by atoms with Gasteiger partial charge in [0, 0.05) is 0 Å². The molecule has 2 aromatic carbocycles. The van der Waals surface area contributed by atoms with Gasteiger partial charge >= 0.3 is 0 Å². The Morgan fingerprint density at radius 3 is 2.95 bits per heavy atom. The van der Waals surface area contributed by atoms with E-state index in [0.29, 0.717) is 11.7 Å². The van der Waals surface area contributed by atoms with Crippen LogP contribution in [0.4, 0.5) is 5.13 Å². The molecule has 0 amide bonds. The van der Waals surface area contributed by atoms with E-state index in [0.717, 1.165) is 27.3 Å². The van der Waals surface area contributed by atoms with Crippen molar-refractivity contribution in [2.45, 2.75) is 6.54 Å². The molecule has 0 saturated carbocycles. The monoisotopic (exact) mass is 297 g/mol. The molecule has 0 unspecified atom stereocenters. The van der Waals surface area contributed by atoms with Crippen LogP contribution in [0.15, 0.2) is 52.7 Å². The van der Waals surface area contributed by atoms with E-state index in [-0.39, 0.29) is 6.79 Å². The summed E-state index contributed by atoms with van der Waals surface area (Å²) in [6, 6.07) is 13.8. The van der Waals surface area contributed by atoms with Crippen LogP contribution in [0.3, 0.4) is 0 Å². The number of azo groups is 1. The van der Waals surface area contributed by atoms with Crippen LogP contribution >= 0.6 is 11.3 Å². The summed E-state index contributed by atoms with van der Waals surface area (Å²) < 4.78 is 11.7. The molecule has 21 heavy (non-hydrogen) atoms. The van der Waals surface area contributed by atoms with Gasteiger partial charge in [-0.25, -0.2) is 4.98 Å². The molecule has 0 aliphatic carbocycles. The molecule has 1 aliphatic heterocycles.